The normalized spacial score (nSPS) is 20.6. The van der Waals surface area contributed by atoms with E-state index in [1.807, 2.05) is 6.07 Å². The number of amides is 1. The molecule has 1 saturated heterocycles. The highest BCUT2D eigenvalue weighted by atomic mass is 32.2. The first-order valence-electron chi connectivity index (χ1n) is 8.77. The number of hydrogen-bond donors (Lipinski definition) is 0. The van der Waals surface area contributed by atoms with Crippen LogP contribution in [0.3, 0.4) is 0 Å². The molecular formula is C17H23N3O3S2. The van der Waals surface area contributed by atoms with Gasteiger partial charge in [0.05, 0.1) is 15.8 Å². The van der Waals surface area contributed by atoms with Gasteiger partial charge < -0.3 is 9.47 Å². The Morgan fingerprint density at radius 3 is 2.40 bits per heavy atom. The first kappa shape index (κ1) is 17.1. The van der Waals surface area contributed by atoms with Gasteiger partial charge in [-0.3, -0.25) is 4.79 Å². The highest BCUT2D eigenvalue weighted by molar-refractivity contribution is 7.88. The molecule has 2 aliphatic rings. The minimum atomic E-state index is -3.17. The molecule has 1 saturated carbocycles. The highest BCUT2D eigenvalue weighted by Crippen LogP contribution is 2.34. The van der Waals surface area contributed by atoms with Crippen molar-refractivity contribution < 1.29 is 13.2 Å². The molecule has 0 spiro atoms. The van der Waals surface area contributed by atoms with E-state index >= 15 is 0 Å². The monoisotopic (exact) mass is 381 g/mol. The molecule has 0 aromatic carbocycles. The zero-order chi connectivity index (χ0) is 17.6. The van der Waals surface area contributed by atoms with E-state index in [-0.39, 0.29) is 5.91 Å². The van der Waals surface area contributed by atoms with Gasteiger partial charge in [0.1, 0.15) is 0 Å². The molecule has 1 amide bonds. The fraction of sp³-hybridized carbons (Fsp3) is 0.588. The van der Waals surface area contributed by atoms with Crippen molar-refractivity contribution in [2.75, 3.05) is 32.4 Å². The predicted molar refractivity (Wildman–Crippen MR) is 99.6 cm³/mol. The average Bonchev–Trinajstić information content (AvgIpc) is 3.28. The van der Waals surface area contributed by atoms with E-state index < -0.39 is 10.0 Å². The quantitative estimate of drug-likeness (QED) is 0.821. The van der Waals surface area contributed by atoms with Crippen LogP contribution in [0.15, 0.2) is 18.5 Å². The van der Waals surface area contributed by atoms with Crippen molar-refractivity contribution in [2.24, 2.45) is 0 Å². The standard InChI is InChI=1S/C17H23N3O3S2/c1-25(22,23)20-8-6-18(7-9-20)17(21)15-10-13-11-19(12-16(13)24-15)14-4-2-3-5-14/h10-12,14H,2-9H2,1H3. The van der Waals surface area contributed by atoms with Crippen molar-refractivity contribution in [2.45, 2.75) is 31.7 Å². The van der Waals surface area contributed by atoms with E-state index in [9.17, 15) is 13.2 Å². The van der Waals surface area contributed by atoms with E-state index in [0.717, 1.165) is 15.0 Å². The molecule has 0 unspecified atom stereocenters. The highest BCUT2D eigenvalue weighted by Gasteiger charge is 2.27. The van der Waals surface area contributed by atoms with Gasteiger partial charge in [0.25, 0.3) is 5.91 Å². The number of rotatable bonds is 3. The van der Waals surface area contributed by atoms with Gasteiger partial charge in [-0.25, -0.2) is 8.42 Å². The lowest BCUT2D eigenvalue weighted by molar-refractivity contribution is 0.0703. The van der Waals surface area contributed by atoms with Crippen LogP contribution in [0.5, 0.6) is 0 Å². The Kier molecular flexibility index (Phi) is 4.37. The number of carbonyl (C=O) groups is 1. The van der Waals surface area contributed by atoms with Gasteiger partial charge in [-0.1, -0.05) is 12.8 Å². The molecule has 0 radical (unpaired) electrons. The van der Waals surface area contributed by atoms with E-state index in [2.05, 4.69) is 17.0 Å². The molecule has 4 rings (SSSR count). The molecule has 0 N–H and O–H groups in total. The number of sulfonamides is 1. The van der Waals surface area contributed by atoms with E-state index in [0.29, 0.717) is 32.2 Å². The first-order chi connectivity index (χ1) is 11.9. The smallest absolute Gasteiger partial charge is 0.264 e. The third-order valence-corrected chi connectivity index (χ3v) is 7.67. The second kappa shape index (κ2) is 6.41. The van der Waals surface area contributed by atoms with Crippen LogP contribution in [-0.2, 0) is 10.0 Å². The Bertz CT molecular complexity index is 854. The number of carbonyl (C=O) groups excluding carboxylic acids is 1. The lowest BCUT2D eigenvalue weighted by Gasteiger charge is -2.32. The van der Waals surface area contributed by atoms with Crippen molar-refractivity contribution in [1.82, 2.24) is 13.8 Å². The summed E-state index contributed by atoms with van der Waals surface area (Å²) in [7, 11) is -3.17. The Labute approximate surface area is 152 Å². The van der Waals surface area contributed by atoms with Crippen LogP contribution in [-0.4, -0.2) is 60.5 Å². The lowest BCUT2D eigenvalue weighted by atomic mass is 10.2. The molecule has 1 aliphatic carbocycles. The number of nitrogens with zero attached hydrogens (tertiary/aromatic N) is 3. The number of aromatic nitrogens is 1. The van der Waals surface area contributed by atoms with Gasteiger partial charge in [-0.15, -0.1) is 11.3 Å². The maximum atomic E-state index is 12.7. The number of thiophene rings is 1. The Morgan fingerprint density at radius 2 is 1.80 bits per heavy atom. The Morgan fingerprint density at radius 1 is 1.12 bits per heavy atom. The summed E-state index contributed by atoms with van der Waals surface area (Å²) in [6.07, 6.45) is 10.7. The second-order valence-electron chi connectivity index (χ2n) is 7.03. The SMILES string of the molecule is CS(=O)(=O)N1CCN(C(=O)c2cc3cn(C4CCCC4)cc3s2)CC1. The van der Waals surface area contributed by atoms with Gasteiger partial charge in [-0.05, 0) is 18.9 Å². The van der Waals surface area contributed by atoms with Gasteiger partial charge in [0.15, 0.2) is 0 Å². The summed E-state index contributed by atoms with van der Waals surface area (Å²) in [4.78, 5) is 15.2. The number of piperazine rings is 1. The molecule has 0 bridgehead atoms. The average molecular weight is 382 g/mol. The summed E-state index contributed by atoms with van der Waals surface area (Å²) >= 11 is 1.54. The van der Waals surface area contributed by atoms with Crippen LogP contribution in [0.25, 0.3) is 10.1 Å². The maximum Gasteiger partial charge on any atom is 0.264 e. The largest absolute Gasteiger partial charge is 0.349 e. The Balaban J connectivity index is 1.46. The maximum absolute atomic E-state index is 12.7. The zero-order valence-electron chi connectivity index (χ0n) is 14.3. The first-order valence-corrected chi connectivity index (χ1v) is 11.4. The van der Waals surface area contributed by atoms with Gasteiger partial charge in [0, 0.05) is 50.0 Å². The molecule has 3 heterocycles. The van der Waals surface area contributed by atoms with Crippen molar-refractivity contribution >= 4 is 37.4 Å². The molecule has 2 fully saturated rings. The van der Waals surface area contributed by atoms with E-state index in [1.165, 1.54) is 36.2 Å². The molecule has 6 nitrogen and oxygen atoms in total. The molecule has 0 atom stereocenters. The minimum absolute atomic E-state index is 0.0155. The second-order valence-corrected chi connectivity index (χ2v) is 10.1. The summed E-state index contributed by atoms with van der Waals surface area (Å²) < 4.78 is 28.1. The topological polar surface area (TPSA) is 62.6 Å². The minimum Gasteiger partial charge on any atom is -0.349 e. The van der Waals surface area contributed by atoms with E-state index in [4.69, 9.17) is 0 Å². The van der Waals surface area contributed by atoms with Crippen LogP contribution in [0.1, 0.15) is 41.4 Å². The lowest BCUT2D eigenvalue weighted by Crippen LogP contribution is -2.50. The molecule has 2 aromatic heterocycles. The van der Waals surface area contributed by atoms with Crippen LogP contribution in [0.2, 0.25) is 0 Å². The molecule has 25 heavy (non-hydrogen) atoms. The molecule has 2 aromatic rings. The molecular weight excluding hydrogens is 358 g/mol. The molecule has 8 heteroatoms. The van der Waals surface area contributed by atoms with Crippen molar-refractivity contribution in [1.29, 1.82) is 0 Å². The number of fused-ring (bicyclic) bond motifs is 1. The van der Waals surface area contributed by atoms with Gasteiger partial charge in [0.2, 0.25) is 10.0 Å². The third kappa shape index (κ3) is 3.35. The molecule has 136 valence electrons. The number of hydrogen-bond acceptors (Lipinski definition) is 4. The van der Waals surface area contributed by atoms with Crippen molar-refractivity contribution in [3.05, 3.63) is 23.3 Å². The van der Waals surface area contributed by atoms with Crippen LogP contribution < -0.4 is 0 Å². The predicted octanol–water partition coefficient (Wildman–Crippen LogP) is 2.54. The van der Waals surface area contributed by atoms with Crippen LogP contribution in [0.4, 0.5) is 0 Å². The summed E-state index contributed by atoms with van der Waals surface area (Å²) in [5, 5.41) is 1.13. The fourth-order valence-corrected chi connectivity index (χ4v) is 5.72. The summed E-state index contributed by atoms with van der Waals surface area (Å²) in [6.45, 7) is 1.67. The van der Waals surface area contributed by atoms with Crippen LogP contribution in [0, 0.1) is 0 Å². The summed E-state index contributed by atoms with van der Waals surface area (Å²) in [5.41, 5.74) is 0. The van der Waals surface area contributed by atoms with Crippen molar-refractivity contribution in [3.63, 3.8) is 0 Å². The Hall–Kier alpha value is -1.38. The molecule has 1 aliphatic heterocycles. The van der Waals surface area contributed by atoms with Crippen molar-refractivity contribution in [3.8, 4) is 0 Å². The van der Waals surface area contributed by atoms with Gasteiger partial charge in [-0.2, -0.15) is 4.31 Å². The van der Waals surface area contributed by atoms with Crippen LogP contribution >= 0.6 is 11.3 Å². The van der Waals surface area contributed by atoms with Gasteiger partial charge >= 0.3 is 0 Å². The summed E-state index contributed by atoms with van der Waals surface area (Å²) in [6, 6.07) is 2.60. The fourth-order valence-electron chi connectivity index (χ4n) is 3.85. The summed E-state index contributed by atoms with van der Waals surface area (Å²) in [5.74, 6) is 0.0155. The third-order valence-electron chi connectivity index (χ3n) is 5.30. The van der Waals surface area contributed by atoms with E-state index in [1.54, 1.807) is 16.2 Å². The zero-order valence-corrected chi connectivity index (χ0v) is 16.0.